The number of anilines is 2. The third kappa shape index (κ3) is 2.97. The maximum atomic E-state index is 14.0. The van der Waals surface area contributed by atoms with Crippen LogP contribution in [-0.2, 0) is 9.59 Å². The number of rotatable bonds is 3. The van der Waals surface area contributed by atoms with Crippen LogP contribution < -0.4 is 9.80 Å². The summed E-state index contributed by atoms with van der Waals surface area (Å²) in [5.41, 5.74) is 1.21. The summed E-state index contributed by atoms with van der Waals surface area (Å²) >= 11 is 0. The highest BCUT2D eigenvalue weighted by molar-refractivity contribution is 6.22. The lowest BCUT2D eigenvalue weighted by Gasteiger charge is -2.38. The van der Waals surface area contributed by atoms with Gasteiger partial charge in [0.1, 0.15) is 5.82 Å². The summed E-state index contributed by atoms with van der Waals surface area (Å²) in [6.07, 6.45) is 0.202. The number of halogens is 1. The number of nitrogens with zero attached hydrogens (tertiary/aromatic N) is 3. The van der Waals surface area contributed by atoms with E-state index in [0.717, 1.165) is 0 Å². The fraction of sp³-hybridized carbons (Fsp3) is 0.300. The van der Waals surface area contributed by atoms with Gasteiger partial charge in [-0.05, 0) is 24.3 Å². The molecule has 134 valence electrons. The van der Waals surface area contributed by atoms with E-state index in [-0.39, 0.29) is 24.1 Å². The molecule has 0 saturated carbocycles. The molecule has 6 heteroatoms. The smallest absolute Gasteiger partial charge is 0.251 e. The van der Waals surface area contributed by atoms with E-state index >= 15 is 0 Å². The summed E-state index contributed by atoms with van der Waals surface area (Å²) in [7, 11) is 0. The molecular weight excluding hydrogens is 333 g/mol. The Balaban J connectivity index is 1.44. The van der Waals surface area contributed by atoms with Crippen molar-refractivity contribution in [3.8, 4) is 0 Å². The number of hydrogen-bond donors (Lipinski definition) is 0. The molecule has 5 nitrogen and oxygen atoms in total. The van der Waals surface area contributed by atoms with Gasteiger partial charge in [-0.25, -0.2) is 9.29 Å². The zero-order valence-electron chi connectivity index (χ0n) is 14.3. The normalized spacial score (nSPS) is 21.5. The maximum Gasteiger partial charge on any atom is 0.251 e. The van der Waals surface area contributed by atoms with E-state index in [2.05, 4.69) is 0 Å². The SMILES string of the molecule is O=C1C[C@H](N2CCN(c3ccccc3F)CC2)C(=O)N1c1ccccc1. The monoisotopic (exact) mass is 353 g/mol. The first-order chi connectivity index (χ1) is 12.6. The number of para-hydroxylation sites is 2. The molecule has 2 fully saturated rings. The Kier molecular flexibility index (Phi) is 4.42. The van der Waals surface area contributed by atoms with Crippen molar-refractivity contribution in [2.75, 3.05) is 36.0 Å². The second kappa shape index (κ2) is 6.88. The minimum Gasteiger partial charge on any atom is -0.367 e. The quantitative estimate of drug-likeness (QED) is 0.794. The minimum absolute atomic E-state index is 0.164. The van der Waals surface area contributed by atoms with Gasteiger partial charge in [-0.3, -0.25) is 14.5 Å². The van der Waals surface area contributed by atoms with E-state index in [1.54, 1.807) is 24.3 Å². The van der Waals surface area contributed by atoms with Gasteiger partial charge in [-0.1, -0.05) is 30.3 Å². The zero-order valence-corrected chi connectivity index (χ0v) is 14.3. The van der Waals surface area contributed by atoms with E-state index < -0.39 is 6.04 Å². The second-order valence-corrected chi connectivity index (χ2v) is 6.60. The predicted molar refractivity (Wildman–Crippen MR) is 97.5 cm³/mol. The van der Waals surface area contributed by atoms with Crippen molar-refractivity contribution >= 4 is 23.2 Å². The van der Waals surface area contributed by atoms with Crippen LogP contribution in [0.2, 0.25) is 0 Å². The molecule has 0 aromatic heterocycles. The lowest BCUT2D eigenvalue weighted by Crippen LogP contribution is -2.52. The second-order valence-electron chi connectivity index (χ2n) is 6.60. The van der Waals surface area contributed by atoms with Crippen LogP contribution in [-0.4, -0.2) is 48.9 Å². The third-order valence-corrected chi connectivity index (χ3v) is 5.09. The molecule has 2 heterocycles. The molecule has 2 amide bonds. The molecule has 2 aromatic rings. The average Bonchev–Trinajstić information content (AvgIpc) is 2.97. The van der Waals surface area contributed by atoms with Crippen LogP contribution in [0.15, 0.2) is 54.6 Å². The van der Waals surface area contributed by atoms with E-state index in [4.69, 9.17) is 0 Å². The molecule has 0 N–H and O–H groups in total. The highest BCUT2D eigenvalue weighted by Gasteiger charge is 2.43. The molecule has 4 rings (SSSR count). The summed E-state index contributed by atoms with van der Waals surface area (Å²) < 4.78 is 14.0. The van der Waals surface area contributed by atoms with Crippen LogP contribution in [0.25, 0.3) is 0 Å². The minimum atomic E-state index is -0.425. The number of piperazine rings is 1. The molecule has 2 aliphatic rings. The van der Waals surface area contributed by atoms with Crippen molar-refractivity contribution in [2.24, 2.45) is 0 Å². The first-order valence-corrected chi connectivity index (χ1v) is 8.80. The molecule has 2 aliphatic heterocycles. The summed E-state index contributed by atoms with van der Waals surface area (Å²) in [5.74, 6) is -0.563. The summed E-state index contributed by atoms with van der Waals surface area (Å²) in [6.45, 7) is 2.51. The van der Waals surface area contributed by atoms with Gasteiger partial charge in [0.2, 0.25) is 5.91 Å². The van der Waals surface area contributed by atoms with Crippen molar-refractivity contribution in [1.82, 2.24) is 4.90 Å². The number of carbonyl (C=O) groups excluding carboxylic acids is 2. The molecule has 2 saturated heterocycles. The topological polar surface area (TPSA) is 43.9 Å². The molecule has 1 atom stereocenters. The fourth-order valence-electron chi connectivity index (χ4n) is 3.73. The van der Waals surface area contributed by atoms with Gasteiger partial charge in [0, 0.05) is 26.2 Å². The van der Waals surface area contributed by atoms with Gasteiger partial charge in [0.05, 0.1) is 23.8 Å². The molecule has 2 aromatic carbocycles. The standard InChI is InChI=1S/C20H20FN3O2/c21-16-8-4-5-9-17(16)22-10-12-23(13-11-22)18-14-19(25)24(20(18)26)15-6-2-1-3-7-15/h1-9,18H,10-14H2/t18-/m0/s1. The fourth-order valence-corrected chi connectivity index (χ4v) is 3.73. The summed E-state index contributed by atoms with van der Waals surface area (Å²) in [5, 5.41) is 0. The Bertz CT molecular complexity index is 819. The van der Waals surface area contributed by atoms with E-state index in [1.165, 1.54) is 11.0 Å². The largest absolute Gasteiger partial charge is 0.367 e. The number of carbonyl (C=O) groups is 2. The van der Waals surface area contributed by atoms with Crippen molar-refractivity contribution in [1.29, 1.82) is 0 Å². The summed E-state index contributed by atoms with van der Waals surface area (Å²) in [6, 6.07) is 15.3. The number of benzene rings is 2. The number of amides is 2. The maximum absolute atomic E-state index is 14.0. The number of hydrogen-bond acceptors (Lipinski definition) is 4. The van der Waals surface area contributed by atoms with E-state index in [1.807, 2.05) is 34.1 Å². The highest BCUT2D eigenvalue weighted by atomic mass is 19.1. The van der Waals surface area contributed by atoms with Crippen molar-refractivity contribution in [2.45, 2.75) is 12.5 Å². The molecule has 0 aliphatic carbocycles. The molecule has 0 unspecified atom stereocenters. The van der Waals surface area contributed by atoms with Crippen LogP contribution in [0.1, 0.15) is 6.42 Å². The Labute approximate surface area is 151 Å². The van der Waals surface area contributed by atoms with Crippen molar-refractivity contribution in [3.63, 3.8) is 0 Å². The molecule has 0 radical (unpaired) electrons. The Morgan fingerprint density at radius 3 is 2.19 bits per heavy atom. The first kappa shape index (κ1) is 16.7. The van der Waals surface area contributed by atoms with Crippen molar-refractivity contribution in [3.05, 3.63) is 60.4 Å². The Hall–Kier alpha value is -2.73. The molecular formula is C20H20FN3O2. The van der Waals surface area contributed by atoms with E-state index in [0.29, 0.717) is 37.6 Å². The van der Waals surface area contributed by atoms with Crippen LogP contribution in [0.3, 0.4) is 0 Å². The van der Waals surface area contributed by atoms with Crippen LogP contribution >= 0.6 is 0 Å². The van der Waals surface area contributed by atoms with Gasteiger partial charge in [-0.15, -0.1) is 0 Å². The van der Waals surface area contributed by atoms with Crippen LogP contribution in [0, 0.1) is 5.82 Å². The zero-order chi connectivity index (χ0) is 18.1. The van der Waals surface area contributed by atoms with Gasteiger partial charge in [0.15, 0.2) is 0 Å². The summed E-state index contributed by atoms with van der Waals surface area (Å²) in [4.78, 5) is 30.5. The van der Waals surface area contributed by atoms with Crippen molar-refractivity contribution < 1.29 is 14.0 Å². The number of imide groups is 1. The van der Waals surface area contributed by atoms with Crippen LogP contribution in [0.5, 0.6) is 0 Å². The lowest BCUT2D eigenvalue weighted by molar-refractivity contribution is -0.123. The Morgan fingerprint density at radius 1 is 0.846 bits per heavy atom. The first-order valence-electron chi connectivity index (χ1n) is 8.80. The van der Waals surface area contributed by atoms with Gasteiger partial charge in [-0.2, -0.15) is 0 Å². The molecule has 0 bridgehead atoms. The molecule has 26 heavy (non-hydrogen) atoms. The van der Waals surface area contributed by atoms with Gasteiger partial charge in [0.25, 0.3) is 5.91 Å². The Morgan fingerprint density at radius 2 is 1.50 bits per heavy atom. The van der Waals surface area contributed by atoms with E-state index in [9.17, 15) is 14.0 Å². The van der Waals surface area contributed by atoms with Crippen LogP contribution in [0.4, 0.5) is 15.8 Å². The highest BCUT2D eigenvalue weighted by Crippen LogP contribution is 2.27. The van der Waals surface area contributed by atoms with Gasteiger partial charge >= 0.3 is 0 Å². The van der Waals surface area contributed by atoms with Gasteiger partial charge < -0.3 is 4.90 Å². The average molecular weight is 353 g/mol. The molecule has 0 spiro atoms. The predicted octanol–water partition coefficient (Wildman–Crippen LogP) is 2.28. The third-order valence-electron chi connectivity index (χ3n) is 5.09. The lowest BCUT2D eigenvalue weighted by atomic mass is 10.1.